The Morgan fingerprint density at radius 3 is 2.29 bits per heavy atom. The van der Waals surface area contributed by atoms with Gasteiger partial charge in [-0.05, 0) is 42.8 Å². The number of nitrogens with one attached hydrogen (secondary N) is 1. The van der Waals surface area contributed by atoms with Crippen molar-refractivity contribution >= 4 is 17.6 Å². The zero-order valence-electron chi connectivity index (χ0n) is 12.8. The van der Waals surface area contributed by atoms with Crippen LogP contribution >= 0.6 is 0 Å². The van der Waals surface area contributed by atoms with E-state index >= 15 is 0 Å². The first kappa shape index (κ1) is 17.5. The summed E-state index contributed by atoms with van der Waals surface area (Å²) in [5, 5.41) is 2.56. The molecular weight excluding hydrogens is 325 g/mol. The topological polar surface area (TPSA) is 68.3 Å². The normalized spacial score (nSPS) is 11.0. The van der Waals surface area contributed by atoms with E-state index in [-0.39, 0.29) is 5.56 Å². The van der Waals surface area contributed by atoms with Gasteiger partial charge in [-0.1, -0.05) is 0 Å². The van der Waals surface area contributed by atoms with Gasteiger partial charge in [-0.25, -0.2) is 4.79 Å². The van der Waals surface area contributed by atoms with Crippen LogP contribution in [0.4, 0.5) is 18.9 Å². The third-order valence-electron chi connectivity index (χ3n) is 3.21. The molecule has 0 unspecified atom stereocenters. The second-order valence-corrected chi connectivity index (χ2v) is 4.91. The van der Waals surface area contributed by atoms with Gasteiger partial charge in [0, 0.05) is 11.9 Å². The van der Waals surface area contributed by atoms with E-state index in [9.17, 15) is 22.8 Å². The maximum absolute atomic E-state index is 12.5. The fourth-order valence-corrected chi connectivity index (χ4v) is 1.94. The van der Waals surface area contributed by atoms with Gasteiger partial charge >= 0.3 is 12.1 Å². The Morgan fingerprint density at radius 1 is 1.12 bits per heavy atom. The molecule has 1 amide bonds. The molecular formula is C16H13F3N2O3. The minimum atomic E-state index is -4.56. The molecule has 0 saturated heterocycles. The average Bonchev–Trinajstić information content (AvgIpc) is 2.55. The number of carbonyl (C=O) groups is 2. The van der Waals surface area contributed by atoms with Crippen molar-refractivity contribution in [3.05, 3.63) is 58.9 Å². The van der Waals surface area contributed by atoms with E-state index in [0.29, 0.717) is 16.8 Å². The number of esters is 1. The van der Waals surface area contributed by atoms with Crippen LogP contribution in [0.5, 0.6) is 0 Å². The van der Waals surface area contributed by atoms with Crippen LogP contribution < -0.4 is 5.32 Å². The summed E-state index contributed by atoms with van der Waals surface area (Å²) < 4.78 is 41.9. The van der Waals surface area contributed by atoms with Crippen LogP contribution in [0.3, 0.4) is 0 Å². The minimum absolute atomic E-state index is 0.0144. The molecule has 0 radical (unpaired) electrons. The van der Waals surface area contributed by atoms with E-state index in [0.717, 1.165) is 18.3 Å². The Kier molecular flexibility index (Phi) is 4.87. The van der Waals surface area contributed by atoms with Crippen molar-refractivity contribution in [1.82, 2.24) is 4.98 Å². The lowest BCUT2D eigenvalue weighted by molar-refractivity contribution is -0.141. The fraction of sp³-hybridized carbons (Fsp3) is 0.188. The van der Waals surface area contributed by atoms with E-state index in [1.54, 1.807) is 6.92 Å². The van der Waals surface area contributed by atoms with Crippen LogP contribution in [-0.2, 0) is 10.9 Å². The summed E-state index contributed by atoms with van der Waals surface area (Å²) >= 11 is 0. The van der Waals surface area contributed by atoms with Gasteiger partial charge in [-0.3, -0.25) is 9.78 Å². The standard InChI is InChI=1S/C16H13F3N2O3/c1-9-7-10(15(23)24-2)3-5-12(9)21-14(22)11-4-6-13(20-8-11)16(17,18)19/h3-8H,1-2H3,(H,21,22). The highest BCUT2D eigenvalue weighted by molar-refractivity contribution is 6.04. The van der Waals surface area contributed by atoms with E-state index in [1.165, 1.54) is 25.3 Å². The number of benzene rings is 1. The SMILES string of the molecule is COC(=O)c1ccc(NC(=O)c2ccc(C(F)(F)F)nc2)c(C)c1. The number of nitrogens with zero attached hydrogens (tertiary/aromatic N) is 1. The number of amides is 1. The Bertz CT molecular complexity index is 771. The van der Waals surface area contributed by atoms with Crippen molar-refractivity contribution in [1.29, 1.82) is 0 Å². The Hall–Kier alpha value is -2.90. The van der Waals surface area contributed by atoms with Crippen molar-refractivity contribution in [2.45, 2.75) is 13.1 Å². The highest BCUT2D eigenvalue weighted by Crippen LogP contribution is 2.27. The van der Waals surface area contributed by atoms with Crippen molar-refractivity contribution in [2.75, 3.05) is 12.4 Å². The molecule has 0 bridgehead atoms. The summed E-state index contributed by atoms with van der Waals surface area (Å²) in [6.45, 7) is 1.67. The van der Waals surface area contributed by atoms with E-state index < -0.39 is 23.7 Å². The summed E-state index contributed by atoms with van der Waals surface area (Å²) in [5.74, 6) is -1.12. The Morgan fingerprint density at radius 2 is 1.79 bits per heavy atom. The van der Waals surface area contributed by atoms with Crippen molar-refractivity contribution < 1.29 is 27.5 Å². The molecule has 1 aromatic carbocycles. The van der Waals surface area contributed by atoms with Crippen LogP contribution in [0.1, 0.15) is 32.0 Å². The predicted molar refractivity (Wildman–Crippen MR) is 79.7 cm³/mol. The minimum Gasteiger partial charge on any atom is -0.465 e. The van der Waals surface area contributed by atoms with Gasteiger partial charge in [0.1, 0.15) is 5.69 Å². The first-order chi connectivity index (χ1) is 11.2. The van der Waals surface area contributed by atoms with Gasteiger partial charge in [-0.15, -0.1) is 0 Å². The van der Waals surface area contributed by atoms with Crippen molar-refractivity contribution in [3.63, 3.8) is 0 Å². The van der Waals surface area contributed by atoms with Gasteiger partial charge in [0.15, 0.2) is 0 Å². The van der Waals surface area contributed by atoms with Crippen LogP contribution in [0.2, 0.25) is 0 Å². The number of rotatable bonds is 3. The van der Waals surface area contributed by atoms with Gasteiger partial charge in [0.2, 0.25) is 0 Å². The number of aryl methyl sites for hydroxylation is 1. The molecule has 0 aliphatic carbocycles. The van der Waals surface area contributed by atoms with Crippen LogP contribution in [0, 0.1) is 6.92 Å². The number of aromatic nitrogens is 1. The van der Waals surface area contributed by atoms with Crippen molar-refractivity contribution in [3.8, 4) is 0 Å². The molecule has 0 spiro atoms. The third kappa shape index (κ3) is 3.89. The molecule has 1 N–H and O–H groups in total. The largest absolute Gasteiger partial charge is 0.465 e. The molecule has 126 valence electrons. The number of halogens is 3. The zero-order valence-corrected chi connectivity index (χ0v) is 12.8. The highest BCUT2D eigenvalue weighted by atomic mass is 19.4. The third-order valence-corrected chi connectivity index (χ3v) is 3.21. The van der Waals surface area contributed by atoms with E-state index in [4.69, 9.17) is 0 Å². The molecule has 5 nitrogen and oxygen atoms in total. The van der Waals surface area contributed by atoms with E-state index in [1.807, 2.05) is 0 Å². The average molecular weight is 338 g/mol. The summed E-state index contributed by atoms with van der Waals surface area (Å²) in [4.78, 5) is 26.7. The maximum Gasteiger partial charge on any atom is 0.433 e. The van der Waals surface area contributed by atoms with Crippen LogP contribution in [0.15, 0.2) is 36.5 Å². The van der Waals surface area contributed by atoms with Gasteiger partial charge in [0.25, 0.3) is 5.91 Å². The summed E-state index contributed by atoms with van der Waals surface area (Å²) in [6.07, 6.45) is -3.70. The summed E-state index contributed by atoms with van der Waals surface area (Å²) in [5.41, 5.74) is 0.264. The van der Waals surface area contributed by atoms with Crippen molar-refractivity contribution in [2.24, 2.45) is 0 Å². The van der Waals surface area contributed by atoms with E-state index in [2.05, 4.69) is 15.0 Å². The van der Waals surface area contributed by atoms with Gasteiger partial charge in [-0.2, -0.15) is 13.2 Å². The van der Waals surface area contributed by atoms with Crippen LogP contribution in [0.25, 0.3) is 0 Å². The Labute approximate surface area is 135 Å². The number of hydrogen-bond acceptors (Lipinski definition) is 4. The monoisotopic (exact) mass is 338 g/mol. The Balaban J connectivity index is 2.16. The number of methoxy groups -OCH3 is 1. The molecule has 0 saturated carbocycles. The molecule has 2 rings (SSSR count). The number of ether oxygens (including phenoxy) is 1. The molecule has 0 fully saturated rings. The molecule has 0 aliphatic rings. The number of anilines is 1. The fourth-order valence-electron chi connectivity index (χ4n) is 1.94. The molecule has 0 atom stereocenters. The molecule has 1 heterocycles. The molecule has 8 heteroatoms. The quantitative estimate of drug-likeness (QED) is 0.871. The number of carbonyl (C=O) groups excluding carboxylic acids is 2. The number of pyridine rings is 1. The highest BCUT2D eigenvalue weighted by Gasteiger charge is 2.32. The first-order valence-electron chi connectivity index (χ1n) is 6.76. The second-order valence-electron chi connectivity index (χ2n) is 4.91. The second kappa shape index (κ2) is 6.69. The lowest BCUT2D eigenvalue weighted by Gasteiger charge is -2.10. The lowest BCUT2D eigenvalue weighted by Crippen LogP contribution is -2.15. The predicted octanol–water partition coefficient (Wildman–Crippen LogP) is 3.45. The van der Waals surface area contributed by atoms with Gasteiger partial charge < -0.3 is 10.1 Å². The lowest BCUT2D eigenvalue weighted by atomic mass is 10.1. The van der Waals surface area contributed by atoms with Crippen LogP contribution in [-0.4, -0.2) is 24.0 Å². The maximum atomic E-state index is 12.5. The smallest absolute Gasteiger partial charge is 0.433 e. The van der Waals surface area contributed by atoms with Gasteiger partial charge in [0.05, 0.1) is 18.2 Å². The summed E-state index contributed by atoms with van der Waals surface area (Å²) in [7, 11) is 1.25. The number of hydrogen-bond donors (Lipinski definition) is 1. The first-order valence-corrected chi connectivity index (χ1v) is 6.76. The number of alkyl halides is 3. The summed E-state index contributed by atoms with van der Waals surface area (Å²) in [6, 6.07) is 6.30. The molecule has 2 aromatic rings. The molecule has 24 heavy (non-hydrogen) atoms. The molecule has 0 aliphatic heterocycles. The zero-order chi connectivity index (χ0) is 17.9. The molecule has 1 aromatic heterocycles.